The van der Waals surface area contributed by atoms with Gasteiger partial charge in [-0.25, -0.2) is 0 Å². The largest absolute Gasteiger partial charge is 0.393 e. The molecule has 0 saturated carbocycles. The van der Waals surface area contributed by atoms with Gasteiger partial charge in [-0.2, -0.15) is 0 Å². The standard InChI is InChI=1S/C8H10OS2/c9-6-1-2-7-5(3-6)4-8(10)11-7/h4,6,9-10H,1-3H2. The summed E-state index contributed by atoms with van der Waals surface area (Å²) in [6.07, 6.45) is 2.65. The summed E-state index contributed by atoms with van der Waals surface area (Å²) in [7, 11) is 0. The van der Waals surface area contributed by atoms with Crippen molar-refractivity contribution in [2.24, 2.45) is 0 Å². The summed E-state index contributed by atoms with van der Waals surface area (Å²) >= 11 is 6.02. The van der Waals surface area contributed by atoms with E-state index in [0.717, 1.165) is 23.5 Å². The Hall–Kier alpha value is 0.01000. The van der Waals surface area contributed by atoms with Crippen molar-refractivity contribution in [3.8, 4) is 0 Å². The number of aryl methyl sites for hydroxylation is 1. The van der Waals surface area contributed by atoms with Gasteiger partial charge in [0.05, 0.1) is 10.3 Å². The summed E-state index contributed by atoms with van der Waals surface area (Å²) in [5, 5.41) is 9.34. The number of rotatable bonds is 0. The molecule has 0 amide bonds. The Bertz CT molecular complexity index is 267. The van der Waals surface area contributed by atoms with E-state index >= 15 is 0 Å². The second kappa shape index (κ2) is 2.81. The summed E-state index contributed by atoms with van der Waals surface area (Å²) < 4.78 is 1.07. The number of aliphatic hydroxyl groups excluding tert-OH is 1. The lowest BCUT2D eigenvalue weighted by Gasteiger charge is -2.15. The third-order valence-corrected chi connectivity index (χ3v) is 3.49. The van der Waals surface area contributed by atoms with Gasteiger partial charge in [0.2, 0.25) is 0 Å². The molecule has 1 heterocycles. The van der Waals surface area contributed by atoms with Gasteiger partial charge in [-0.15, -0.1) is 24.0 Å². The maximum Gasteiger partial charge on any atom is 0.0584 e. The first-order valence-electron chi connectivity index (χ1n) is 3.74. The Labute approximate surface area is 75.5 Å². The number of thiol groups is 1. The first-order chi connectivity index (χ1) is 5.25. The third-order valence-electron chi connectivity index (χ3n) is 2.04. The first kappa shape index (κ1) is 7.65. The molecule has 0 saturated heterocycles. The van der Waals surface area contributed by atoms with Crippen molar-refractivity contribution >= 4 is 24.0 Å². The van der Waals surface area contributed by atoms with Crippen LogP contribution in [0, 0.1) is 0 Å². The molecule has 0 radical (unpaired) electrons. The lowest BCUT2D eigenvalue weighted by Crippen LogP contribution is -2.16. The monoisotopic (exact) mass is 186 g/mol. The van der Waals surface area contributed by atoms with E-state index < -0.39 is 0 Å². The lowest BCUT2D eigenvalue weighted by atomic mass is 9.97. The number of hydrogen-bond acceptors (Lipinski definition) is 3. The van der Waals surface area contributed by atoms with Crippen LogP contribution in [-0.2, 0) is 12.8 Å². The van der Waals surface area contributed by atoms with Crippen molar-refractivity contribution in [3.63, 3.8) is 0 Å². The third kappa shape index (κ3) is 1.45. The Kier molecular flexibility index (Phi) is 1.95. The van der Waals surface area contributed by atoms with Gasteiger partial charge in [0.15, 0.2) is 0 Å². The SMILES string of the molecule is OC1CCc2sc(S)cc2C1. The van der Waals surface area contributed by atoms with E-state index in [1.54, 1.807) is 11.3 Å². The maximum atomic E-state index is 9.34. The normalized spacial score (nSPS) is 23.3. The van der Waals surface area contributed by atoms with E-state index in [9.17, 15) is 5.11 Å². The highest BCUT2D eigenvalue weighted by molar-refractivity contribution is 7.82. The van der Waals surface area contributed by atoms with E-state index in [0.29, 0.717) is 0 Å². The van der Waals surface area contributed by atoms with Gasteiger partial charge in [-0.1, -0.05) is 0 Å². The smallest absolute Gasteiger partial charge is 0.0584 e. The summed E-state index contributed by atoms with van der Waals surface area (Å²) in [5.41, 5.74) is 1.30. The van der Waals surface area contributed by atoms with Gasteiger partial charge >= 0.3 is 0 Å². The molecule has 11 heavy (non-hydrogen) atoms. The van der Waals surface area contributed by atoms with E-state index in [1.807, 2.05) is 0 Å². The second-order valence-electron chi connectivity index (χ2n) is 2.93. The zero-order valence-corrected chi connectivity index (χ0v) is 7.79. The molecule has 3 heteroatoms. The van der Waals surface area contributed by atoms with Crippen LogP contribution in [-0.4, -0.2) is 11.2 Å². The highest BCUT2D eigenvalue weighted by atomic mass is 32.2. The Morgan fingerprint density at radius 1 is 1.64 bits per heavy atom. The van der Waals surface area contributed by atoms with E-state index in [2.05, 4.69) is 18.7 Å². The molecule has 1 aliphatic rings. The Morgan fingerprint density at radius 3 is 3.27 bits per heavy atom. The number of hydrogen-bond donors (Lipinski definition) is 2. The van der Waals surface area contributed by atoms with Crippen molar-refractivity contribution in [1.82, 2.24) is 0 Å². The minimum atomic E-state index is -0.121. The van der Waals surface area contributed by atoms with Gasteiger partial charge in [0.25, 0.3) is 0 Å². The van der Waals surface area contributed by atoms with Crippen molar-refractivity contribution in [3.05, 3.63) is 16.5 Å². The molecule has 2 rings (SSSR count). The van der Waals surface area contributed by atoms with Gasteiger partial charge in [-0.3, -0.25) is 0 Å². The predicted octanol–water partition coefficient (Wildman–Crippen LogP) is 1.89. The fourth-order valence-corrected chi connectivity index (χ4v) is 2.92. The zero-order chi connectivity index (χ0) is 7.84. The van der Waals surface area contributed by atoms with Crippen LogP contribution in [0.15, 0.2) is 10.3 Å². The first-order valence-corrected chi connectivity index (χ1v) is 5.00. The molecular formula is C8H10OS2. The fourth-order valence-electron chi connectivity index (χ4n) is 1.49. The predicted molar refractivity (Wildman–Crippen MR) is 49.6 cm³/mol. The van der Waals surface area contributed by atoms with Gasteiger partial charge < -0.3 is 5.11 Å². The maximum absolute atomic E-state index is 9.34. The molecule has 0 bridgehead atoms. The molecule has 0 spiro atoms. The topological polar surface area (TPSA) is 20.2 Å². The average molecular weight is 186 g/mol. The van der Waals surface area contributed by atoms with Gasteiger partial charge in [0, 0.05) is 4.88 Å². The molecule has 0 aliphatic heterocycles. The van der Waals surface area contributed by atoms with E-state index in [1.165, 1.54) is 10.4 Å². The molecule has 1 nitrogen and oxygen atoms in total. The number of aliphatic hydroxyl groups is 1. The number of thiophene rings is 1. The average Bonchev–Trinajstić information content (AvgIpc) is 2.27. The van der Waals surface area contributed by atoms with Crippen LogP contribution < -0.4 is 0 Å². The van der Waals surface area contributed by atoms with Crippen LogP contribution in [0.4, 0.5) is 0 Å². The molecular weight excluding hydrogens is 176 g/mol. The molecule has 0 aromatic carbocycles. The number of fused-ring (bicyclic) bond motifs is 1. The van der Waals surface area contributed by atoms with Crippen LogP contribution in [0.2, 0.25) is 0 Å². The fraction of sp³-hybridized carbons (Fsp3) is 0.500. The van der Waals surface area contributed by atoms with Gasteiger partial charge in [0.1, 0.15) is 0 Å². The van der Waals surface area contributed by atoms with Gasteiger partial charge in [-0.05, 0) is 30.9 Å². The summed E-state index contributed by atoms with van der Waals surface area (Å²) in [6.45, 7) is 0. The van der Waals surface area contributed by atoms with Crippen LogP contribution in [0.1, 0.15) is 16.9 Å². The summed E-state index contributed by atoms with van der Waals surface area (Å²) in [4.78, 5) is 1.42. The molecule has 1 unspecified atom stereocenters. The molecule has 1 N–H and O–H groups in total. The molecule has 1 aliphatic carbocycles. The van der Waals surface area contributed by atoms with Crippen molar-refractivity contribution in [2.45, 2.75) is 29.6 Å². The minimum absolute atomic E-state index is 0.121. The zero-order valence-electron chi connectivity index (χ0n) is 6.08. The Morgan fingerprint density at radius 2 is 2.45 bits per heavy atom. The van der Waals surface area contributed by atoms with Crippen LogP contribution in [0.25, 0.3) is 0 Å². The van der Waals surface area contributed by atoms with Crippen molar-refractivity contribution < 1.29 is 5.11 Å². The second-order valence-corrected chi connectivity index (χ2v) is 4.85. The molecule has 60 valence electrons. The van der Waals surface area contributed by atoms with Crippen LogP contribution >= 0.6 is 24.0 Å². The van der Waals surface area contributed by atoms with Crippen molar-refractivity contribution in [2.75, 3.05) is 0 Å². The van der Waals surface area contributed by atoms with Crippen molar-refractivity contribution in [1.29, 1.82) is 0 Å². The molecule has 1 atom stereocenters. The van der Waals surface area contributed by atoms with Crippen LogP contribution in [0.5, 0.6) is 0 Å². The highest BCUT2D eigenvalue weighted by Crippen LogP contribution is 2.31. The molecule has 1 aromatic heterocycles. The Balaban J connectivity index is 2.34. The summed E-state index contributed by atoms with van der Waals surface area (Å²) in [5.74, 6) is 0. The molecule has 1 aromatic rings. The minimum Gasteiger partial charge on any atom is -0.393 e. The summed E-state index contributed by atoms with van der Waals surface area (Å²) in [6, 6.07) is 2.07. The quantitative estimate of drug-likeness (QED) is 0.593. The lowest BCUT2D eigenvalue weighted by molar-refractivity contribution is 0.159. The van der Waals surface area contributed by atoms with Crippen LogP contribution in [0.3, 0.4) is 0 Å². The van der Waals surface area contributed by atoms with E-state index in [-0.39, 0.29) is 6.10 Å². The van der Waals surface area contributed by atoms with E-state index in [4.69, 9.17) is 0 Å². The molecule has 0 fully saturated rings. The highest BCUT2D eigenvalue weighted by Gasteiger charge is 2.18.